The first-order chi connectivity index (χ1) is 53.6. The molecule has 0 aromatic heterocycles. The molecule has 0 bridgehead atoms. The van der Waals surface area contributed by atoms with Gasteiger partial charge in [-0.2, -0.15) is 0 Å². The highest BCUT2D eigenvalue weighted by Crippen LogP contribution is 2.70. The lowest BCUT2D eigenvalue weighted by atomic mass is 9.46. The highest BCUT2D eigenvalue weighted by Gasteiger charge is 2.76. The van der Waals surface area contributed by atoms with Crippen LogP contribution in [0.5, 0.6) is 0 Å². The zero-order chi connectivity index (χ0) is 80.7. The molecule has 6 aliphatic rings. The quantitative estimate of drug-likeness (QED) is 0.0226. The Morgan fingerprint density at radius 1 is 0.714 bits per heavy atom. The van der Waals surface area contributed by atoms with Crippen molar-refractivity contribution in [1.82, 2.24) is 37.2 Å². The number of hydrogen-bond acceptors (Lipinski definition) is 20. The van der Waals surface area contributed by atoms with E-state index in [0.29, 0.717) is 56.9 Å². The molecule has 2 aliphatic heterocycles. The second-order valence-electron chi connectivity index (χ2n) is 30.3. The SMILES string of the molecule is CCCC1O[C@@H]2C[C@H]3[C@@H]4CCC5=CC(=O)C=C[C@]5(C)[C@H]4[C@@H](O)C[C@]3(C)[C@]2(C(=O)COCNC(=O)[C@H](C)NC(=O)[C@H](C)NC(=O)OCc2ccc(NC(=O)[C@H](CCCNC(N)=O)NC(=O)[C@@H](NC(=O)CCOCCOCCOCCOCCNC(=O)CCC(=O)N3Cc4ccccc4/C(C)=C\c4ccccc43)C(C)C)cc2)O1. The minimum atomic E-state index is -1.41. The number of ether oxygens (including phenoxy) is 8. The number of aliphatic hydroxyl groups excluding tert-OH is 1. The van der Waals surface area contributed by atoms with Crippen LogP contribution >= 0.6 is 0 Å². The number of carbonyl (C=O) groups excluding carboxylic acids is 11. The second-order valence-corrected chi connectivity index (χ2v) is 30.3. The van der Waals surface area contributed by atoms with Gasteiger partial charge in [0, 0.05) is 54.8 Å². The van der Waals surface area contributed by atoms with Gasteiger partial charge in [0.2, 0.25) is 41.4 Å². The lowest BCUT2D eigenvalue weighted by Crippen LogP contribution is -2.63. The number of primary amides is 1. The average molecular weight is 1560 g/mol. The third kappa shape index (κ3) is 22.3. The number of ketones is 2. The van der Waals surface area contributed by atoms with Crippen molar-refractivity contribution in [3.05, 3.63) is 119 Å². The summed E-state index contributed by atoms with van der Waals surface area (Å²) in [5.74, 6) is -4.37. The predicted molar refractivity (Wildman–Crippen MR) is 413 cm³/mol. The first-order valence-corrected chi connectivity index (χ1v) is 39.0. The largest absolute Gasteiger partial charge is 0.445 e. The Labute approximate surface area is 654 Å². The van der Waals surface area contributed by atoms with E-state index in [1.807, 2.05) is 62.4 Å². The number of nitrogens with two attached hydrogens (primary N) is 1. The molecule has 2 heterocycles. The van der Waals surface area contributed by atoms with Crippen molar-refractivity contribution in [1.29, 1.82) is 0 Å². The summed E-state index contributed by atoms with van der Waals surface area (Å²) in [5.41, 5.74) is 9.36. The third-order valence-electron chi connectivity index (χ3n) is 22.1. The van der Waals surface area contributed by atoms with E-state index >= 15 is 0 Å². The fourth-order valence-corrected chi connectivity index (χ4v) is 16.4. The van der Waals surface area contributed by atoms with Crippen LogP contribution in [0.1, 0.15) is 148 Å². The number of rotatable bonds is 41. The minimum absolute atomic E-state index is 0.0303. The number of fused-ring (bicyclic) bond motifs is 9. The maximum absolute atomic E-state index is 14.6. The molecule has 30 heteroatoms. The molecule has 4 aliphatic carbocycles. The number of alkyl carbamates (subject to hydrolysis) is 1. The summed E-state index contributed by atoms with van der Waals surface area (Å²) in [5, 5.41) is 33.2. The molecule has 610 valence electrons. The first kappa shape index (κ1) is 86.7. The third-order valence-corrected chi connectivity index (χ3v) is 22.1. The normalized spacial score (nSPS) is 24.1. The van der Waals surface area contributed by atoms with Crippen molar-refractivity contribution in [2.45, 2.75) is 187 Å². The van der Waals surface area contributed by atoms with E-state index < -0.39 is 113 Å². The maximum Gasteiger partial charge on any atom is 0.408 e. The molecular formula is C82H112N10O20. The number of urea groups is 1. The molecule has 0 spiro atoms. The van der Waals surface area contributed by atoms with E-state index in [4.69, 9.17) is 43.6 Å². The summed E-state index contributed by atoms with van der Waals surface area (Å²) in [4.78, 5) is 146. The Hall–Kier alpha value is -9.27. The molecule has 1 saturated heterocycles. The zero-order valence-corrected chi connectivity index (χ0v) is 65.5. The molecule has 3 aromatic carbocycles. The van der Waals surface area contributed by atoms with Crippen molar-refractivity contribution >= 4 is 88.1 Å². The van der Waals surface area contributed by atoms with Crippen LogP contribution in [0, 0.1) is 34.5 Å². The molecule has 10 amide bonds. The number of allylic oxidation sites excluding steroid dienone is 5. The van der Waals surface area contributed by atoms with Crippen molar-refractivity contribution in [3.8, 4) is 0 Å². The Balaban J connectivity index is 0.613. The Morgan fingerprint density at radius 3 is 2.12 bits per heavy atom. The van der Waals surface area contributed by atoms with Crippen molar-refractivity contribution < 1.29 is 95.7 Å². The standard InChI is InChI=1S/C82H112N10O20/c1-9-15-71-111-67-44-62-61-26-23-57-43-59(93)29-31-80(57,7)72(61)65(94)45-81(62,8)82(67,112-71)66(95)48-109-49-86-74(99)52(5)87-75(100)53(6)88-79(104)110-47-54-21-24-58(25-22-54)89-76(101)63(19-14-32-85-78(83)103)90-77(102)73(50(2)3)91-69(97)30-34-105-36-38-107-40-41-108-39-37-106-35-33-84-68(96)27-28-70(98)92-46-56-17-10-12-18-60(56)51(4)42-55-16-11-13-20-64(55)92/h10-13,16-18,20-22,24-25,29,31,42-43,50,52-53,61-63,65,67,71-73,94H,9,14-15,19,23,26-28,30,32-41,44-49H2,1-8H3,(H,84,96)(H,86,99)(H,87,100)(H,88,104)(H,89,101)(H,90,102)(H,91,97)(H3,83,85,103)/b51-42-/t52-,53-,61-,62-,63-,65-,67+,71?,72+,73-,80-,81-,82+/m0/s1. The van der Waals surface area contributed by atoms with Gasteiger partial charge < -0.3 is 96.2 Å². The van der Waals surface area contributed by atoms with Crippen LogP contribution in [0.25, 0.3) is 11.6 Å². The minimum Gasteiger partial charge on any atom is -0.445 e. The molecule has 4 fully saturated rings. The summed E-state index contributed by atoms with van der Waals surface area (Å²) in [7, 11) is 0. The molecular weight excluding hydrogens is 1440 g/mol. The van der Waals surface area contributed by atoms with E-state index in [1.54, 1.807) is 55.2 Å². The van der Waals surface area contributed by atoms with Crippen LogP contribution in [0.3, 0.4) is 0 Å². The van der Waals surface area contributed by atoms with Gasteiger partial charge in [-0.1, -0.05) is 107 Å². The van der Waals surface area contributed by atoms with Gasteiger partial charge in [-0.25, -0.2) is 9.59 Å². The van der Waals surface area contributed by atoms with Gasteiger partial charge in [0.15, 0.2) is 23.5 Å². The highest BCUT2D eigenvalue weighted by atomic mass is 16.7. The van der Waals surface area contributed by atoms with Crippen LogP contribution in [-0.4, -0.2) is 198 Å². The van der Waals surface area contributed by atoms with Crippen LogP contribution < -0.4 is 53.2 Å². The van der Waals surface area contributed by atoms with Gasteiger partial charge in [0.05, 0.1) is 77.3 Å². The fourth-order valence-electron chi connectivity index (χ4n) is 16.4. The molecule has 3 saturated carbocycles. The number of benzene rings is 3. The summed E-state index contributed by atoms with van der Waals surface area (Å²) < 4.78 is 46.7. The maximum atomic E-state index is 14.6. The number of nitrogens with zero attached hydrogens (tertiary/aromatic N) is 1. The van der Waals surface area contributed by atoms with Gasteiger partial charge in [0.1, 0.15) is 44.1 Å². The topological polar surface area (TPSA) is 407 Å². The predicted octanol–water partition coefficient (Wildman–Crippen LogP) is 6.11. The molecule has 11 N–H and O–H groups in total. The van der Waals surface area contributed by atoms with Crippen LogP contribution in [0.2, 0.25) is 0 Å². The van der Waals surface area contributed by atoms with Gasteiger partial charge in [-0.15, -0.1) is 0 Å². The lowest BCUT2D eigenvalue weighted by molar-refractivity contribution is -0.201. The highest BCUT2D eigenvalue weighted by molar-refractivity contribution is 6.02. The van der Waals surface area contributed by atoms with Crippen molar-refractivity contribution in [3.63, 3.8) is 0 Å². The van der Waals surface area contributed by atoms with Crippen molar-refractivity contribution in [2.75, 3.05) is 89.5 Å². The van der Waals surface area contributed by atoms with Gasteiger partial charge >= 0.3 is 12.1 Å². The summed E-state index contributed by atoms with van der Waals surface area (Å²) >= 11 is 0. The van der Waals surface area contributed by atoms with Gasteiger partial charge in [-0.3, -0.25) is 43.2 Å². The number of aliphatic hydroxyl groups is 1. The van der Waals surface area contributed by atoms with E-state index in [9.17, 15) is 57.8 Å². The van der Waals surface area contributed by atoms with Gasteiger partial charge in [0.25, 0.3) is 0 Å². The summed E-state index contributed by atoms with van der Waals surface area (Å²) in [6.07, 6.45) is 8.34. The molecule has 1 unspecified atom stereocenters. The van der Waals surface area contributed by atoms with Crippen LogP contribution in [-0.2, 0) is 94.2 Å². The smallest absolute Gasteiger partial charge is 0.408 e. The van der Waals surface area contributed by atoms with Gasteiger partial charge in [-0.05, 0) is 148 Å². The number of anilines is 2. The molecule has 9 rings (SSSR count). The fraction of sp³-hybridized carbons (Fsp3) is 0.573. The molecule has 30 nitrogen and oxygen atoms in total. The number of Topliss-reactive ketones (excluding diaryl/α,β-unsaturated/α-hetero) is 1. The van der Waals surface area contributed by atoms with Crippen LogP contribution in [0.15, 0.2) is 96.6 Å². The van der Waals surface area contributed by atoms with Crippen molar-refractivity contribution in [2.24, 2.45) is 40.2 Å². The summed E-state index contributed by atoms with van der Waals surface area (Å²) in [6, 6.07) is 16.9. The zero-order valence-electron chi connectivity index (χ0n) is 65.5. The Morgan fingerprint density at radius 2 is 1.40 bits per heavy atom. The number of carbonyl (C=O) groups is 11. The van der Waals surface area contributed by atoms with E-state index in [1.165, 1.54) is 13.8 Å². The van der Waals surface area contributed by atoms with E-state index in [2.05, 4.69) is 68.5 Å². The molecule has 3 aromatic rings. The van der Waals surface area contributed by atoms with E-state index in [-0.39, 0.29) is 139 Å². The first-order valence-electron chi connectivity index (χ1n) is 39.0. The molecule has 13 atom stereocenters. The molecule has 112 heavy (non-hydrogen) atoms. The number of para-hydroxylation sites is 1. The number of hydrogen-bond donors (Lipinski definition) is 10. The summed E-state index contributed by atoms with van der Waals surface area (Å²) in [6.45, 7) is 16.1. The lowest BCUT2D eigenvalue weighted by Gasteiger charge is -2.59. The number of amides is 10. The second kappa shape index (κ2) is 41.0. The van der Waals surface area contributed by atoms with E-state index in [0.717, 1.165) is 46.4 Å². The van der Waals surface area contributed by atoms with Crippen LogP contribution in [0.4, 0.5) is 21.0 Å². The molecule has 0 radical (unpaired) electrons. The monoisotopic (exact) mass is 1560 g/mol. The Bertz CT molecular complexity index is 3930. The number of nitrogens with one attached hydrogen (secondary N) is 8. The average Bonchev–Trinajstić information content (AvgIpc) is 1.50. The Kier molecular flexibility index (Phi) is 31.7.